The Bertz CT molecular complexity index is 19.5. The lowest BCUT2D eigenvalue weighted by Gasteiger charge is -1.89. The molecule has 0 aliphatic heterocycles. The lowest BCUT2D eigenvalue weighted by Crippen LogP contribution is -2.11. The van der Waals surface area contributed by atoms with Gasteiger partial charge in [-0.2, -0.15) is 0 Å². The monoisotopic (exact) mass is 91.1 g/mol. The predicted molar refractivity (Wildman–Crippen MR) is 24.3 cm³/mol. The van der Waals surface area contributed by atoms with E-state index in [9.17, 15) is 4.39 Å². The zero-order valence-electron chi connectivity index (χ0n) is 4.00. The van der Waals surface area contributed by atoms with Gasteiger partial charge in [-0.25, -0.2) is 4.39 Å². The molecule has 0 aliphatic rings. The van der Waals surface area contributed by atoms with Crippen molar-refractivity contribution in [3.63, 3.8) is 0 Å². The third-order valence-corrected chi connectivity index (χ3v) is 0.521. The van der Waals surface area contributed by atoms with Gasteiger partial charge < -0.3 is 0 Å². The summed E-state index contributed by atoms with van der Waals surface area (Å²) in [6.45, 7) is 2.40. The van der Waals surface area contributed by atoms with Crippen LogP contribution in [0.2, 0.25) is 0 Å². The molecular weight excluding hydrogens is 81.0 g/mol. The Balaban J connectivity index is 2.34. The van der Waals surface area contributed by atoms with Crippen LogP contribution in [0.5, 0.6) is 0 Å². The maximum atomic E-state index is 11.1. The van der Waals surface area contributed by atoms with E-state index in [1.165, 1.54) is 0 Å². The van der Waals surface area contributed by atoms with Crippen LogP contribution in [-0.4, -0.2) is 13.3 Å². The summed E-state index contributed by atoms with van der Waals surface area (Å²) in [7, 11) is 0. The van der Waals surface area contributed by atoms with E-state index in [1.54, 1.807) is 0 Å². The fraction of sp³-hybridized carbons (Fsp3) is 1.00. The van der Waals surface area contributed by atoms with Gasteiger partial charge in [0.05, 0.1) is 0 Å². The maximum Gasteiger partial charge on any atom is 0.140 e. The summed E-state index contributed by atoms with van der Waals surface area (Å²) in [4.78, 5) is 0. The summed E-state index contributed by atoms with van der Waals surface area (Å²) in [5, 5.41) is 2.53. The first-order valence-electron chi connectivity index (χ1n) is 2.18. The highest BCUT2D eigenvalue weighted by Crippen LogP contribution is 1.66. The maximum absolute atomic E-state index is 11.1. The lowest BCUT2D eigenvalue weighted by molar-refractivity contribution is 0.426. The smallest absolute Gasteiger partial charge is 0.140 e. The lowest BCUT2D eigenvalue weighted by atomic mass is 10.5. The van der Waals surface area contributed by atoms with Crippen LogP contribution in [0.25, 0.3) is 0 Å². The molecule has 2 heteroatoms. The van der Waals surface area contributed by atoms with Crippen molar-refractivity contribution in [2.24, 2.45) is 0 Å². The van der Waals surface area contributed by atoms with E-state index in [0.29, 0.717) is 0 Å². The Morgan fingerprint density at radius 2 is 2.33 bits per heavy atom. The Morgan fingerprint density at radius 1 is 1.67 bits per heavy atom. The van der Waals surface area contributed by atoms with Gasteiger partial charge in [0.1, 0.15) is 6.80 Å². The highest BCUT2D eigenvalue weighted by Gasteiger charge is 1.73. The zero-order valence-corrected chi connectivity index (χ0v) is 4.00. The second kappa shape index (κ2) is 4.89. The SMILES string of the molecule is CCCNCF. The molecule has 0 rings (SSSR count). The second-order valence-electron chi connectivity index (χ2n) is 1.13. The average molecular weight is 91.1 g/mol. The van der Waals surface area contributed by atoms with Crippen molar-refractivity contribution in [2.75, 3.05) is 13.3 Å². The molecule has 0 unspecified atom stereocenters. The standard InChI is InChI=1S/C4H10FN/c1-2-3-6-4-5/h6H,2-4H2,1H3. The molecule has 0 aromatic carbocycles. The first kappa shape index (κ1) is 5.89. The van der Waals surface area contributed by atoms with Gasteiger partial charge in [-0.3, -0.25) is 5.32 Å². The van der Waals surface area contributed by atoms with Gasteiger partial charge in [0.15, 0.2) is 0 Å². The Hall–Kier alpha value is -0.110. The van der Waals surface area contributed by atoms with Crippen molar-refractivity contribution in [1.29, 1.82) is 0 Å². The van der Waals surface area contributed by atoms with Crippen molar-refractivity contribution in [1.82, 2.24) is 5.32 Å². The van der Waals surface area contributed by atoms with E-state index in [1.807, 2.05) is 6.92 Å². The molecule has 0 heterocycles. The first-order chi connectivity index (χ1) is 2.91. The topological polar surface area (TPSA) is 12.0 Å². The van der Waals surface area contributed by atoms with Gasteiger partial charge in [-0.05, 0) is 13.0 Å². The number of hydrogen-bond acceptors (Lipinski definition) is 1. The minimum atomic E-state index is -0.395. The summed E-state index contributed by atoms with van der Waals surface area (Å²) >= 11 is 0. The normalized spacial score (nSPS) is 9.00. The van der Waals surface area contributed by atoms with E-state index in [2.05, 4.69) is 5.32 Å². The molecular formula is C4H10FN. The van der Waals surface area contributed by atoms with Crippen LogP contribution in [0.1, 0.15) is 13.3 Å². The van der Waals surface area contributed by atoms with Gasteiger partial charge in [0.2, 0.25) is 0 Å². The molecule has 0 atom stereocenters. The molecule has 0 saturated carbocycles. The molecule has 0 amide bonds. The van der Waals surface area contributed by atoms with E-state index < -0.39 is 6.80 Å². The Labute approximate surface area is 37.5 Å². The van der Waals surface area contributed by atoms with Crippen LogP contribution in [-0.2, 0) is 0 Å². The summed E-state index contributed by atoms with van der Waals surface area (Å²) in [5.74, 6) is 0. The number of rotatable bonds is 3. The van der Waals surface area contributed by atoms with E-state index in [4.69, 9.17) is 0 Å². The number of alkyl halides is 1. The quantitative estimate of drug-likeness (QED) is 0.402. The molecule has 1 nitrogen and oxygen atoms in total. The van der Waals surface area contributed by atoms with E-state index in [0.717, 1.165) is 13.0 Å². The van der Waals surface area contributed by atoms with Gasteiger partial charge in [-0.15, -0.1) is 0 Å². The van der Waals surface area contributed by atoms with Crippen LogP contribution in [0.15, 0.2) is 0 Å². The zero-order chi connectivity index (χ0) is 4.83. The van der Waals surface area contributed by atoms with Crippen molar-refractivity contribution >= 4 is 0 Å². The molecule has 0 saturated heterocycles. The van der Waals surface area contributed by atoms with Gasteiger partial charge in [-0.1, -0.05) is 6.92 Å². The van der Waals surface area contributed by atoms with Crippen molar-refractivity contribution < 1.29 is 4.39 Å². The van der Waals surface area contributed by atoms with Gasteiger partial charge >= 0.3 is 0 Å². The third-order valence-electron chi connectivity index (χ3n) is 0.521. The van der Waals surface area contributed by atoms with Crippen LogP contribution in [0.3, 0.4) is 0 Å². The summed E-state index contributed by atoms with van der Waals surface area (Å²) < 4.78 is 11.1. The van der Waals surface area contributed by atoms with Crippen molar-refractivity contribution in [3.05, 3.63) is 0 Å². The highest BCUT2D eigenvalue weighted by atomic mass is 19.1. The van der Waals surface area contributed by atoms with Crippen LogP contribution in [0, 0.1) is 0 Å². The Morgan fingerprint density at radius 3 is 2.50 bits per heavy atom. The molecule has 0 fully saturated rings. The molecule has 0 aromatic rings. The van der Waals surface area contributed by atoms with Crippen LogP contribution in [0.4, 0.5) is 4.39 Å². The third kappa shape index (κ3) is 3.89. The molecule has 38 valence electrons. The molecule has 1 N–H and O–H groups in total. The molecule has 0 aliphatic carbocycles. The fourth-order valence-electron chi connectivity index (χ4n) is 0.244. The largest absolute Gasteiger partial charge is 0.290 e. The van der Waals surface area contributed by atoms with Gasteiger partial charge in [0.25, 0.3) is 0 Å². The molecule has 0 spiro atoms. The predicted octanol–water partition coefficient (Wildman–Crippen LogP) is 0.913. The van der Waals surface area contributed by atoms with Crippen molar-refractivity contribution in [2.45, 2.75) is 13.3 Å². The summed E-state index contributed by atoms with van der Waals surface area (Å²) in [6, 6.07) is 0. The molecule has 6 heavy (non-hydrogen) atoms. The number of halogens is 1. The number of nitrogens with one attached hydrogen (secondary N) is 1. The average Bonchev–Trinajstić information content (AvgIpc) is 1.61. The summed E-state index contributed by atoms with van der Waals surface area (Å²) in [6.07, 6.45) is 1.00. The van der Waals surface area contributed by atoms with Crippen LogP contribution >= 0.6 is 0 Å². The highest BCUT2D eigenvalue weighted by molar-refractivity contribution is 4.31. The van der Waals surface area contributed by atoms with Crippen molar-refractivity contribution in [3.8, 4) is 0 Å². The fourth-order valence-corrected chi connectivity index (χ4v) is 0.244. The summed E-state index contributed by atoms with van der Waals surface area (Å²) in [5.41, 5.74) is 0. The molecule has 0 bridgehead atoms. The molecule has 0 aromatic heterocycles. The second-order valence-corrected chi connectivity index (χ2v) is 1.13. The van der Waals surface area contributed by atoms with E-state index in [-0.39, 0.29) is 0 Å². The minimum absolute atomic E-state index is 0.395. The van der Waals surface area contributed by atoms with Gasteiger partial charge in [0, 0.05) is 0 Å². The van der Waals surface area contributed by atoms with Crippen LogP contribution < -0.4 is 5.32 Å². The first-order valence-corrected chi connectivity index (χ1v) is 2.18. The van der Waals surface area contributed by atoms with E-state index >= 15 is 0 Å². The molecule has 0 radical (unpaired) electrons. The Kier molecular flexibility index (Phi) is 4.80. The number of hydrogen-bond donors (Lipinski definition) is 1. The minimum Gasteiger partial charge on any atom is -0.290 e.